The number of hydrogen-bond donors (Lipinski definition) is 1. The van der Waals surface area contributed by atoms with Gasteiger partial charge in [-0.05, 0) is 17.5 Å². The molecule has 0 spiro atoms. The van der Waals surface area contributed by atoms with Crippen molar-refractivity contribution in [3.63, 3.8) is 0 Å². The Kier molecular flexibility index (Phi) is 2.16. The van der Waals surface area contributed by atoms with E-state index in [1.165, 1.54) is 11.5 Å². The van der Waals surface area contributed by atoms with Crippen LogP contribution in [-0.4, -0.2) is 4.37 Å². The molecule has 0 aliphatic heterocycles. The second-order valence-corrected chi connectivity index (χ2v) is 3.58. The van der Waals surface area contributed by atoms with E-state index in [-0.39, 0.29) is 0 Å². The van der Waals surface area contributed by atoms with Gasteiger partial charge in [0.1, 0.15) is 5.00 Å². The Morgan fingerprint density at radius 3 is 2.40 bits per heavy atom. The van der Waals surface area contributed by atoms with Crippen LogP contribution < -0.4 is 5.73 Å². The van der Waals surface area contributed by atoms with E-state index >= 15 is 0 Å². The molecule has 2 nitrogen and oxygen atoms in total. The molecule has 56 valence electrons. The Labute approximate surface area is 69.2 Å². The van der Waals surface area contributed by atoms with Gasteiger partial charge in [0.15, 0.2) is 0 Å². The minimum Gasteiger partial charge on any atom is -0.388 e. The molecule has 4 heteroatoms. The summed E-state index contributed by atoms with van der Waals surface area (Å²) < 4.78 is 4.10. The summed E-state index contributed by atoms with van der Waals surface area (Å²) in [5.74, 6) is 0.362. The van der Waals surface area contributed by atoms with Crippen molar-refractivity contribution in [1.29, 1.82) is 0 Å². The van der Waals surface area contributed by atoms with Gasteiger partial charge in [-0.1, -0.05) is 25.4 Å². The third-order valence-corrected chi connectivity index (χ3v) is 2.43. The number of aromatic nitrogens is 1. The van der Waals surface area contributed by atoms with Crippen LogP contribution in [0, 0.1) is 0 Å². The third-order valence-electron chi connectivity index (χ3n) is 1.23. The van der Waals surface area contributed by atoms with E-state index in [1.807, 2.05) is 13.8 Å². The fourth-order valence-corrected chi connectivity index (χ4v) is 1.76. The molecule has 10 heavy (non-hydrogen) atoms. The van der Waals surface area contributed by atoms with Gasteiger partial charge in [0, 0.05) is 0 Å². The molecule has 0 aliphatic rings. The van der Waals surface area contributed by atoms with Gasteiger partial charge in [0.25, 0.3) is 0 Å². The van der Waals surface area contributed by atoms with Crippen molar-refractivity contribution in [2.45, 2.75) is 19.8 Å². The van der Waals surface area contributed by atoms with E-state index in [2.05, 4.69) is 4.37 Å². The third kappa shape index (κ3) is 1.25. The predicted octanol–water partition coefficient (Wildman–Crippen LogP) is 2.50. The van der Waals surface area contributed by atoms with Crippen molar-refractivity contribution < 1.29 is 0 Å². The fraction of sp³-hybridized carbons (Fsp3) is 0.500. The van der Waals surface area contributed by atoms with E-state index in [0.717, 1.165) is 5.69 Å². The van der Waals surface area contributed by atoms with Gasteiger partial charge in [-0.25, -0.2) is 0 Å². The van der Waals surface area contributed by atoms with Gasteiger partial charge in [-0.15, -0.1) is 0 Å². The van der Waals surface area contributed by atoms with Crippen LogP contribution in [0.4, 0.5) is 5.00 Å². The second-order valence-electron chi connectivity index (χ2n) is 2.40. The first-order chi connectivity index (χ1) is 4.63. The molecular weight excluding hydrogens is 168 g/mol. The Bertz CT molecular complexity index is 232. The van der Waals surface area contributed by atoms with Gasteiger partial charge in [0.2, 0.25) is 0 Å². The highest BCUT2D eigenvalue weighted by Crippen LogP contribution is 2.31. The van der Waals surface area contributed by atoms with Gasteiger partial charge < -0.3 is 5.73 Å². The SMILES string of the molecule is CC(C)c1nsc(N)c1Cl. The molecule has 0 aliphatic carbocycles. The number of halogens is 1. The number of nitrogen functional groups attached to an aromatic ring is 1. The van der Waals surface area contributed by atoms with Gasteiger partial charge in [-0.3, -0.25) is 0 Å². The van der Waals surface area contributed by atoms with Crippen molar-refractivity contribution in [3.8, 4) is 0 Å². The molecule has 0 unspecified atom stereocenters. The normalized spacial score (nSPS) is 10.8. The molecule has 2 N–H and O–H groups in total. The van der Waals surface area contributed by atoms with Crippen molar-refractivity contribution in [3.05, 3.63) is 10.7 Å². The quantitative estimate of drug-likeness (QED) is 0.714. The number of anilines is 1. The molecule has 0 amide bonds. The second kappa shape index (κ2) is 2.76. The summed E-state index contributed by atoms with van der Waals surface area (Å²) in [6, 6.07) is 0. The van der Waals surface area contributed by atoms with Crippen molar-refractivity contribution >= 4 is 28.1 Å². The minimum absolute atomic E-state index is 0.362. The number of hydrogen-bond acceptors (Lipinski definition) is 3. The summed E-state index contributed by atoms with van der Waals surface area (Å²) in [6.45, 7) is 4.08. The van der Waals surface area contributed by atoms with Crippen LogP contribution in [-0.2, 0) is 0 Å². The lowest BCUT2D eigenvalue weighted by molar-refractivity contribution is 0.841. The Morgan fingerprint density at radius 2 is 2.20 bits per heavy atom. The molecule has 0 saturated carbocycles. The minimum atomic E-state index is 0.362. The van der Waals surface area contributed by atoms with E-state index in [9.17, 15) is 0 Å². The summed E-state index contributed by atoms with van der Waals surface area (Å²) in [5, 5.41) is 1.24. The maximum absolute atomic E-state index is 5.83. The van der Waals surface area contributed by atoms with Crippen LogP contribution in [0.2, 0.25) is 5.02 Å². The van der Waals surface area contributed by atoms with Crippen LogP contribution in [0.25, 0.3) is 0 Å². The van der Waals surface area contributed by atoms with Crippen LogP contribution in [0.15, 0.2) is 0 Å². The summed E-state index contributed by atoms with van der Waals surface area (Å²) in [5.41, 5.74) is 6.41. The van der Waals surface area contributed by atoms with Crippen molar-refractivity contribution in [2.75, 3.05) is 5.73 Å². The standard InChI is InChI=1S/C6H9ClN2S/c1-3(2)5-4(7)6(8)10-9-5/h3H,8H2,1-2H3. The van der Waals surface area contributed by atoms with Crippen LogP contribution in [0.1, 0.15) is 25.5 Å². The van der Waals surface area contributed by atoms with Crippen molar-refractivity contribution in [2.24, 2.45) is 0 Å². The topological polar surface area (TPSA) is 38.9 Å². The molecule has 1 aromatic rings. The van der Waals surface area contributed by atoms with Gasteiger partial charge >= 0.3 is 0 Å². The van der Waals surface area contributed by atoms with Crippen molar-refractivity contribution in [1.82, 2.24) is 4.37 Å². The molecular formula is C6H9ClN2S. The van der Waals surface area contributed by atoms with Crippen LogP contribution in [0.5, 0.6) is 0 Å². The molecule has 0 atom stereocenters. The average Bonchev–Trinajstić information content (AvgIpc) is 2.14. The monoisotopic (exact) mass is 176 g/mol. The van der Waals surface area contributed by atoms with E-state index in [1.54, 1.807) is 0 Å². The summed E-state index contributed by atoms with van der Waals surface area (Å²) in [6.07, 6.45) is 0. The summed E-state index contributed by atoms with van der Waals surface area (Å²) in [4.78, 5) is 0. The largest absolute Gasteiger partial charge is 0.388 e. The van der Waals surface area contributed by atoms with Crippen LogP contribution >= 0.6 is 23.1 Å². The first-order valence-corrected chi connectivity index (χ1v) is 4.18. The van der Waals surface area contributed by atoms with E-state index < -0.39 is 0 Å². The average molecular weight is 177 g/mol. The number of nitrogens with zero attached hydrogens (tertiary/aromatic N) is 1. The zero-order chi connectivity index (χ0) is 7.72. The van der Waals surface area contributed by atoms with E-state index in [0.29, 0.717) is 15.9 Å². The molecule has 1 heterocycles. The molecule has 0 fully saturated rings. The molecule has 0 aromatic carbocycles. The zero-order valence-electron chi connectivity index (χ0n) is 5.89. The summed E-state index contributed by atoms with van der Waals surface area (Å²) in [7, 11) is 0. The highest BCUT2D eigenvalue weighted by molar-refractivity contribution is 7.10. The lowest BCUT2D eigenvalue weighted by Crippen LogP contribution is -1.87. The molecule has 0 bridgehead atoms. The highest BCUT2D eigenvalue weighted by atomic mass is 35.5. The lowest BCUT2D eigenvalue weighted by Gasteiger charge is -1.98. The van der Waals surface area contributed by atoms with E-state index in [4.69, 9.17) is 17.3 Å². The highest BCUT2D eigenvalue weighted by Gasteiger charge is 2.11. The molecule has 1 rings (SSSR count). The zero-order valence-corrected chi connectivity index (χ0v) is 7.46. The first kappa shape index (κ1) is 7.82. The summed E-state index contributed by atoms with van der Waals surface area (Å²) >= 11 is 7.08. The first-order valence-electron chi connectivity index (χ1n) is 3.03. The Morgan fingerprint density at radius 1 is 1.60 bits per heavy atom. The molecule has 0 saturated heterocycles. The Balaban J connectivity index is 3.05. The number of nitrogens with two attached hydrogens (primary N) is 1. The molecule has 0 radical (unpaired) electrons. The lowest BCUT2D eigenvalue weighted by atomic mass is 10.1. The smallest absolute Gasteiger partial charge is 0.126 e. The predicted molar refractivity (Wildman–Crippen MR) is 45.6 cm³/mol. The maximum atomic E-state index is 5.83. The maximum Gasteiger partial charge on any atom is 0.126 e. The number of rotatable bonds is 1. The van der Waals surface area contributed by atoms with Crippen LogP contribution in [0.3, 0.4) is 0 Å². The Hall–Kier alpha value is -0.280. The van der Waals surface area contributed by atoms with Gasteiger partial charge in [-0.2, -0.15) is 4.37 Å². The fourth-order valence-electron chi connectivity index (χ4n) is 0.664. The van der Waals surface area contributed by atoms with Gasteiger partial charge in [0.05, 0.1) is 10.7 Å². The molecule has 1 aromatic heterocycles.